The maximum atomic E-state index is 12.6. The van der Waals surface area contributed by atoms with E-state index in [1.165, 1.54) is 16.4 Å². The van der Waals surface area contributed by atoms with Gasteiger partial charge in [-0.2, -0.15) is 13.1 Å². The minimum atomic E-state index is -3.66. The first-order chi connectivity index (χ1) is 10.5. The van der Waals surface area contributed by atoms with Crippen LogP contribution in [0.2, 0.25) is 0 Å². The molecule has 0 amide bonds. The molecule has 1 aliphatic carbocycles. The molecule has 3 rings (SSSR count). The van der Waals surface area contributed by atoms with E-state index in [0.717, 1.165) is 44.1 Å². The monoisotopic (exact) mass is 325 g/mol. The van der Waals surface area contributed by atoms with Gasteiger partial charge in [0.1, 0.15) is 0 Å². The fourth-order valence-corrected chi connectivity index (χ4v) is 4.79. The van der Waals surface area contributed by atoms with Crippen LogP contribution in [0.25, 0.3) is 0 Å². The van der Waals surface area contributed by atoms with E-state index in [0.29, 0.717) is 12.2 Å². The van der Waals surface area contributed by atoms with Crippen LogP contribution in [-0.2, 0) is 16.6 Å². The van der Waals surface area contributed by atoms with Crippen LogP contribution in [0.1, 0.15) is 37.7 Å². The van der Waals surface area contributed by atoms with Gasteiger partial charge in [0.2, 0.25) is 0 Å². The van der Waals surface area contributed by atoms with Gasteiger partial charge in [-0.3, -0.25) is 14.4 Å². The van der Waals surface area contributed by atoms with Gasteiger partial charge in [-0.25, -0.2) is 0 Å². The van der Waals surface area contributed by atoms with Gasteiger partial charge in [-0.15, -0.1) is 0 Å². The Morgan fingerprint density at radius 2 is 1.95 bits per heavy atom. The van der Waals surface area contributed by atoms with E-state index in [1.54, 1.807) is 6.07 Å². The second-order valence-corrected chi connectivity index (χ2v) is 7.48. The van der Waals surface area contributed by atoms with Crippen molar-refractivity contribution in [1.29, 1.82) is 0 Å². The first-order valence-corrected chi connectivity index (χ1v) is 8.99. The molecule has 0 atom stereocenters. The number of nitro benzene ring substituents is 1. The highest BCUT2D eigenvalue weighted by atomic mass is 32.2. The number of aryl methyl sites for hydroxylation is 1. The molecule has 1 aliphatic heterocycles. The van der Waals surface area contributed by atoms with Crippen LogP contribution >= 0.6 is 0 Å². The fourth-order valence-electron chi connectivity index (χ4n) is 3.21. The number of nitrogens with zero attached hydrogens (tertiary/aromatic N) is 2. The third-order valence-electron chi connectivity index (χ3n) is 4.32. The van der Waals surface area contributed by atoms with E-state index in [4.69, 9.17) is 0 Å². The van der Waals surface area contributed by atoms with Crippen molar-refractivity contribution in [2.24, 2.45) is 0 Å². The van der Waals surface area contributed by atoms with Crippen molar-refractivity contribution in [3.05, 3.63) is 33.9 Å². The standard InChI is InChI=1S/C14H19N3O4S/c18-17(19)13-8-7-11-4-3-9-16(14(11)10-13)22(20,21)15-12-5-1-2-6-12/h7-8,10,12,15H,1-6,9H2. The first kappa shape index (κ1) is 15.2. The highest BCUT2D eigenvalue weighted by Gasteiger charge is 2.31. The van der Waals surface area contributed by atoms with Gasteiger partial charge in [-0.1, -0.05) is 18.9 Å². The third-order valence-corrected chi connectivity index (χ3v) is 5.91. The molecule has 0 unspecified atom stereocenters. The number of hydrogen-bond donors (Lipinski definition) is 1. The zero-order valence-corrected chi connectivity index (χ0v) is 13.0. The summed E-state index contributed by atoms with van der Waals surface area (Å²) in [6.45, 7) is 0.357. The van der Waals surface area contributed by atoms with Crippen LogP contribution in [0.5, 0.6) is 0 Å². The van der Waals surface area contributed by atoms with E-state index in [2.05, 4.69) is 4.72 Å². The molecule has 120 valence electrons. The van der Waals surface area contributed by atoms with Crippen molar-refractivity contribution in [2.75, 3.05) is 10.8 Å². The van der Waals surface area contributed by atoms with Gasteiger partial charge in [0, 0.05) is 24.7 Å². The van der Waals surface area contributed by atoms with Crippen molar-refractivity contribution in [1.82, 2.24) is 4.72 Å². The smallest absolute Gasteiger partial charge is 0.258 e. The van der Waals surface area contributed by atoms with E-state index in [1.807, 2.05) is 0 Å². The maximum Gasteiger partial charge on any atom is 0.301 e. The molecule has 0 aromatic heterocycles. The number of non-ortho nitro benzene ring substituents is 1. The normalized spacial score (nSPS) is 19.2. The number of rotatable bonds is 4. The van der Waals surface area contributed by atoms with Crippen LogP contribution in [0.15, 0.2) is 18.2 Å². The molecule has 1 heterocycles. The fraction of sp³-hybridized carbons (Fsp3) is 0.571. The minimum Gasteiger partial charge on any atom is -0.258 e. The van der Waals surface area contributed by atoms with Crippen LogP contribution < -0.4 is 9.03 Å². The Hall–Kier alpha value is -1.67. The van der Waals surface area contributed by atoms with Crippen LogP contribution in [0.3, 0.4) is 0 Å². The molecule has 0 saturated heterocycles. The molecule has 0 bridgehead atoms. The maximum absolute atomic E-state index is 12.6. The molecule has 1 aromatic carbocycles. The second kappa shape index (κ2) is 5.85. The molecule has 1 N–H and O–H groups in total. The average Bonchev–Trinajstić information content (AvgIpc) is 2.98. The van der Waals surface area contributed by atoms with Gasteiger partial charge in [0.05, 0.1) is 10.6 Å². The van der Waals surface area contributed by atoms with Crippen LogP contribution in [0.4, 0.5) is 11.4 Å². The molecule has 1 saturated carbocycles. The Balaban J connectivity index is 1.92. The van der Waals surface area contributed by atoms with Crippen molar-refractivity contribution in [3.8, 4) is 0 Å². The number of hydrogen-bond acceptors (Lipinski definition) is 4. The predicted molar refractivity (Wildman–Crippen MR) is 83.1 cm³/mol. The molecule has 1 fully saturated rings. The summed E-state index contributed by atoms with van der Waals surface area (Å²) in [5, 5.41) is 10.9. The van der Waals surface area contributed by atoms with Gasteiger partial charge in [0.15, 0.2) is 0 Å². The zero-order chi connectivity index (χ0) is 15.7. The number of benzene rings is 1. The zero-order valence-electron chi connectivity index (χ0n) is 12.2. The SMILES string of the molecule is O=[N+]([O-])c1ccc2c(c1)N(S(=O)(=O)NC1CCCC1)CCC2. The summed E-state index contributed by atoms with van der Waals surface area (Å²) in [6.07, 6.45) is 5.24. The highest BCUT2D eigenvalue weighted by Crippen LogP contribution is 2.32. The largest absolute Gasteiger partial charge is 0.301 e. The summed E-state index contributed by atoms with van der Waals surface area (Å²) in [6, 6.07) is 4.43. The Morgan fingerprint density at radius 1 is 1.23 bits per heavy atom. The first-order valence-electron chi connectivity index (χ1n) is 7.55. The van der Waals surface area contributed by atoms with E-state index >= 15 is 0 Å². The third kappa shape index (κ3) is 2.93. The molecule has 0 radical (unpaired) electrons. The lowest BCUT2D eigenvalue weighted by Crippen LogP contribution is -2.46. The summed E-state index contributed by atoms with van der Waals surface area (Å²) in [5.41, 5.74) is 1.20. The number of nitro groups is 1. The molecule has 0 spiro atoms. The Labute approximate surface area is 129 Å². The molecule has 1 aromatic rings. The summed E-state index contributed by atoms with van der Waals surface area (Å²) >= 11 is 0. The highest BCUT2D eigenvalue weighted by molar-refractivity contribution is 7.90. The average molecular weight is 325 g/mol. The minimum absolute atomic E-state index is 0.0194. The van der Waals surface area contributed by atoms with Gasteiger partial charge >= 0.3 is 10.2 Å². The van der Waals surface area contributed by atoms with Crippen LogP contribution in [0, 0.1) is 10.1 Å². The van der Waals surface area contributed by atoms with Crippen molar-refractivity contribution in [3.63, 3.8) is 0 Å². The molecule has 2 aliphatic rings. The van der Waals surface area contributed by atoms with Gasteiger partial charge < -0.3 is 0 Å². The molecule has 22 heavy (non-hydrogen) atoms. The molecule has 7 nitrogen and oxygen atoms in total. The number of anilines is 1. The lowest BCUT2D eigenvalue weighted by Gasteiger charge is -2.31. The van der Waals surface area contributed by atoms with Crippen molar-refractivity contribution >= 4 is 21.6 Å². The predicted octanol–water partition coefficient (Wildman–Crippen LogP) is 2.12. The quantitative estimate of drug-likeness (QED) is 0.678. The lowest BCUT2D eigenvalue weighted by molar-refractivity contribution is -0.384. The van der Waals surface area contributed by atoms with E-state index in [9.17, 15) is 18.5 Å². The topological polar surface area (TPSA) is 92.6 Å². The van der Waals surface area contributed by atoms with Gasteiger partial charge in [-0.05, 0) is 31.2 Å². The summed E-state index contributed by atoms with van der Waals surface area (Å²) in [7, 11) is -3.66. The van der Waals surface area contributed by atoms with Crippen molar-refractivity contribution < 1.29 is 13.3 Å². The Bertz CT molecular complexity index is 683. The van der Waals surface area contributed by atoms with Crippen molar-refractivity contribution in [2.45, 2.75) is 44.6 Å². The van der Waals surface area contributed by atoms with Crippen LogP contribution in [-0.4, -0.2) is 25.9 Å². The Morgan fingerprint density at radius 3 is 2.64 bits per heavy atom. The number of fused-ring (bicyclic) bond motifs is 1. The summed E-state index contributed by atoms with van der Waals surface area (Å²) < 4.78 is 29.3. The summed E-state index contributed by atoms with van der Waals surface area (Å²) in [5.74, 6) is 0. The second-order valence-electron chi connectivity index (χ2n) is 5.85. The number of nitrogens with one attached hydrogen (secondary N) is 1. The molecular formula is C14H19N3O4S. The summed E-state index contributed by atoms with van der Waals surface area (Å²) in [4.78, 5) is 10.4. The van der Waals surface area contributed by atoms with E-state index < -0.39 is 15.1 Å². The Kier molecular flexibility index (Phi) is 4.05. The molecular weight excluding hydrogens is 306 g/mol. The van der Waals surface area contributed by atoms with Gasteiger partial charge in [0.25, 0.3) is 5.69 Å². The lowest BCUT2D eigenvalue weighted by atomic mass is 10.0. The van der Waals surface area contributed by atoms with E-state index in [-0.39, 0.29) is 11.7 Å². The molecule has 8 heteroatoms.